The molecule has 0 aliphatic carbocycles. The first-order valence-electron chi connectivity index (χ1n) is 6.22. The number of ether oxygens (including phenoxy) is 2. The normalized spacial score (nSPS) is 22.9. The number of nitrogens with one attached hydrogen (secondary N) is 1. The van der Waals surface area contributed by atoms with Crippen LogP contribution in [0.25, 0.3) is 0 Å². The first-order chi connectivity index (χ1) is 7.68. The van der Waals surface area contributed by atoms with Crippen molar-refractivity contribution in [3.05, 3.63) is 0 Å². The lowest BCUT2D eigenvalue weighted by Crippen LogP contribution is -2.34. The Balaban J connectivity index is 1.91. The van der Waals surface area contributed by atoms with E-state index < -0.39 is 6.10 Å². The summed E-state index contributed by atoms with van der Waals surface area (Å²) >= 11 is 0. The fraction of sp³-hybridized carbons (Fsp3) is 1.00. The highest BCUT2D eigenvalue weighted by Gasteiger charge is 2.15. The maximum atomic E-state index is 9.62. The molecule has 0 aromatic rings. The van der Waals surface area contributed by atoms with Crippen molar-refractivity contribution in [1.29, 1.82) is 0 Å². The number of aliphatic hydroxyl groups is 1. The lowest BCUT2D eigenvalue weighted by molar-refractivity contribution is 0.0258. The summed E-state index contributed by atoms with van der Waals surface area (Å²) in [6.45, 7) is 8.62. The topological polar surface area (TPSA) is 50.7 Å². The fourth-order valence-electron chi connectivity index (χ4n) is 1.70. The van der Waals surface area contributed by atoms with Gasteiger partial charge in [-0.05, 0) is 18.3 Å². The monoisotopic (exact) mass is 231 g/mol. The molecule has 96 valence electrons. The minimum Gasteiger partial charge on any atom is -0.389 e. The minimum atomic E-state index is -0.402. The van der Waals surface area contributed by atoms with E-state index in [9.17, 15) is 5.11 Å². The van der Waals surface area contributed by atoms with Gasteiger partial charge in [-0.2, -0.15) is 0 Å². The molecule has 0 saturated carbocycles. The van der Waals surface area contributed by atoms with Gasteiger partial charge >= 0.3 is 0 Å². The molecule has 0 radical (unpaired) electrons. The molecule has 1 aliphatic rings. The van der Waals surface area contributed by atoms with Crippen LogP contribution in [0, 0.1) is 11.8 Å². The molecule has 0 aromatic carbocycles. The van der Waals surface area contributed by atoms with Gasteiger partial charge in [0.1, 0.15) is 0 Å². The highest BCUT2D eigenvalue weighted by atomic mass is 16.5. The highest BCUT2D eigenvalue weighted by molar-refractivity contribution is 4.68. The number of aliphatic hydroxyl groups excluding tert-OH is 1. The van der Waals surface area contributed by atoms with Crippen LogP contribution in [0.1, 0.15) is 20.3 Å². The maximum Gasteiger partial charge on any atom is 0.0897 e. The first-order valence-corrected chi connectivity index (χ1v) is 6.22. The second-order valence-electron chi connectivity index (χ2n) is 4.97. The third-order valence-corrected chi connectivity index (χ3v) is 2.60. The van der Waals surface area contributed by atoms with E-state index in [1.165, 1.54) is 0 Å². The Morgan fingerprint density at radius 3 is 2.88 bits per heavy atom. The zero-order valence-corrected chi connectivity index (χ0v) is 10.4. The van der Waals surface area contributed by atoms with Gasteiger partial charge in [-0.1, -0.05) is 13.8 Å². The van der Waals surface area contributed by atoms with Crippen molar-refractivity contribution in [3.8, 4) is 0 Å². The lowest BCUT2D eigenvalue weighted by Gasteiger charge is -2.15. The Morgan fingerprint density at radius 1 is 1.44 bits per heavy atom. The summed E-state index contributed by atoms with van der Waals surface area (Å²) in [5.41, 5.74) is 0. The molecule has 4 nitrogen and oxygen atoms in total. The Bertz CT molecular complexity index is 170. The summed E-state index contributed by atoms with van der Waals surface area (Å²) in [6, 6.07) is 0. The van der Waals surface area contributed by atoms with Gasteiger partial charge in [0.25, 0.3) is 0 Å². The van der Waals surface area contributed by atoms with E-state index in [0.717, 1.165) is 26.2 Å². The van der Waals surface area contributed by atoms with Crippen molar-refractivity contribution in [2.24, 2.45) is 11.8 Å². The molecule has 4 heteroatoms. The molecule has 1 aliphatic heterocycles. The van der Waals surface area contributed by atoms with Crippen LogP contribution in [0.2, 0.25) is 0 Å². The van der Waals surface area contributed by atoms with E-state index in [1.54, 1.807) is 0 Å². The molecular weight excluding hydrogens is 206 g/mol. The molecule has 0 amide bonds. The fourth-order valence-corrected chi connectivity index (χ4v) is 1.70. The van der Waals surface area contributed by atoms with Gasteiger partial charge in [-0.25, -0.2) is 0 Å². The Morgan fingerprint density at radius 2 is 2.25 bits per heavy atom. The van der Waals surface area contributed by atoms with Crippen LogP contribution < -0.4 is 5.32 Å². The van der Waals surface area contributed by atoms with E-state index in [0.29, 0.717) is 31.6 Å². The summed E-state index contributed by atoms with van der Waals surface area (Å²) < 4.78 is 10.6. The number of hydrogen-bond acceptors (Lipinski definition) is 4. The van der Waals surface area contributed by atoms with Crippen molar-refractivity contribution in [2.75, 3.05) is 39.5 Å². The molecule has 2 unspecified atom stereocenters. The van der Waals surface area contributed by atoms with Crippen LogP contribution in [0.4, 0.5) is 0 Å². The SMILES string of the molecule is CC(C)COCC(O)CNCC1CCOC1. The molecule has 1 rings (SSSR count). The molecule has 1 saturated heterocycles. The van der Waals surface area contributed by atoms with Crippen molar-refractivity contribution >= 4 is 0 Å². The molecule has 0 spiro atoms. The average molecular weight is 231 g/mol. The largest absolute Gasteiger partial charge is 0.389 e. The highest BCUT2D eigenvalue weighted by Crippen LogP contribution is 2.10. The van der Waals surface area contributed by atoms with Crippen molar-refractivity contribution in [2.45, 2.75) is 26.4 Å². The smallest absolute Gasteiger partial charge is 0.0897 e. The van der Waals surface area contributed by atoms with Crippen LogP contribution in [0.5, 0.6) is 0 Å². The summed E-state index contributed by atoms with van der Waals surface area (Å²) in [4.78, 5) is 0. The molecule has 0 bridgehead atoms. The number of hydrogen-bond donors (Lipinski definition) is 2. The van der Waals surface area contributed by atoms with E-state index >= 15 is 0 Å². The maximum absolute atomic E-state index is 9.62. The van der Waals surface area contributed by atoms with Gasteiger partial charge in [-0.15, -0.1) is 0 Å². The second-order valence-corrected chi connectivity index (χ2v) is 4.97. The molecule has 1 fully saturated rings. The van der Waals surface area contributed by atoms with Crippen LogP contribution >= 0.6 is 0 Å². The third kappa shape index (κ3) is 6.43. The summed E-state index contributed by atoms with van der Waals surface area (Å²) in [7, 11) is 0. The zero-order chi connectivity index (χ0) is 11.8. The summed E-state index contributed by atoms with van der Waals surface area (Å²) in [5, 5.41) is 12.9. The molecule has 16 heavy (non-hydrogen) atoms. The van der Waals surface area contributed by atoms with Gasteiger partial charge in [-0.3, -0.25) is 0 Å². The molecule has 2 N–H and O–H groups in total. The Hall–Kier alpha value is -0.160. The quantitative estimate of drug-likeness (QED) is 0.644. The van der Waals surface area contributed by atoms with Gasteiger partial charge in [0, 0.05) is 26.3 Å². The molecule has 1 heterocycles. The van der Waals surface area contributed by atoms with Crippen molar-refractivity contribution in [3.63, 3.8) is 0 Å². The Labute approximate surface area is 98.3 Å². The van der Waals surface area contributed by atoms with Crippen LogP contribution in [-0.2, 0) is 9.47 Å². The van der Waals surface area contributed by atoms with E-state index in [1.807, 2.05) is 0 Å². The molecule has 0 aromatic heterocycles. The minimum absolute atomic E-state index is 0.402. The summed E-state index contributed by atoms with van der Waals surface area (Å²) in [5.74, 6) is 1.14. The average Bonchev–Trinajstić information content (AvgIpc) is 2.70. The van der Waals surface area contributed by atoms with Crippen molar-refractivity contribution < 1.29 is 14.6 Å². The van der Waals surface area contributed by atoms with E-state index in [2.05, 4.69) is 19.2 Å². The molecular formula is C12H25NO3. The Kier molecular flexibility index (Phi) is 6.96. The van der Waals surface area contributed by atoms with Gasteiger partial charge in [0.15, 0.2) is 0 Å². The zero-order valence-electron chi connectivity index (χ0n) is 10.4. The second kappa shape index (κ2) is 8.01. The van der Waals surface area contributed by atoms with Crippen LogP contribution in [-0.4, -0.2) is 50.7 Å². The number of rotatable bonds is 8. The predicted octanol–water partition coefficient (Wildman–Crippen LogP) is 0.646. The first kappa shape index (κ1) is 13.9. The molecule has 2 atom stereocenters. The van der Waals surface area contributed by atoms with Crippen molar-refractivity contribution in [1.82, 2.24) is 5.32 Å². The van der Waals surface area contributed by atoms with Gasteiger partial charge in [0.2, 0.25) is 0 Å². The van der Waals surface area contributed by atoms with E-state index in [-0.39, 0.29) is 0 Å². The van der Waals surface area contributed by atoms with Crippen LogP contribution in [0.3, 0.4) is 0 Å². The van der Waals surface area contributed by atoms with Gasteiger partial charge < -0.3 is 19.9 Å². The summed E-state index contributed by atoms with van der Waals surface area (Å²) in [6.07, 6.45) is 0.730. The lowest BCUT2D eigenvalue weighted by atomic mass is 10.1. The standard InChI is InChI=1S/C12H25NO3/c1-10(2)7-16-9-12(14)6-13-5-11-3-4-15-8-11/h10-14H,3-9H2,1-2H3. The van der Waals surface area contributed by atoms with Crippen LogP contribution in [0.15, 0.2) is 0 Å². The van der Waals surface area contributed by atoms with E-state index in [4.69, 9.17) is 9.47 Å². The van der Waals surface area contributed by atoms with Gasteiger partial charge in [0.05, 0.1) is 19.3 Å². The predicted molar refractivity (Wildman–Crippen MR) is 63.5 cm³/mol. The third-order valence-electron chi connectivity index (χ3n) is 2.60.